The molecule has 1 aromatic rings. The summed E-state index contributed by atoms with van der Waals surface area (Å²) in [5.41, 5.74) is 3.12. The fourth-order valence-electron chi connectivity index (χ4n) is 2.56. The van der Waals surface area contributed by atoms with E-state index in [2.05, 4.69) is 43.0 Å². The van der Waals surface area contributed by atoms with E-state index in [1.165, 1.54) is 25.9 Å². The zero-order valence-electron chi connectivity index (χ0n) is 9.16. The maximum atomic E-state index is 2.59. The summed E-state index contributed by atoms with van der Waals surface area (Å²) < 4.78 is 0. The van der Waals surface area contributed by atoms with Crippen LogP contribution in [0.15, 0.2) is 24.3 Å². The Morgan fingerprint density at radius 2 is 2.07 bits per heavy atom. The summed E-state index contributed by atoms with van der Waals surface area (Å²) in [4.78, 5) is 2.59. The summed E-state index contributed by atoms with van der Waals surface area (Å²) in [6.07, 6.45) is 2.45. The number of hydrogen-bond acceptors (Lipinski definition) is 1. The first-order chi connectivity index (χ1) is 6.86. The van der Waals surface area contributed by atoms with Gasteiger partial charge in [0.2, 0.25) is 0 Å². The molecule has 0 bridgehead atoms. The molecule has 1 atom stereocenters. The molecule has 0 amide bonds. The van der Waals surface area contributed by atoms with Crippen molar-refractivity contribution in [2.45, 2.75) is 32.7 Å². The van der Waals surface area contributed by atoms with Crippen LogP contribution in [0.2, 0.25) is 0 Å². The standard InChI is InChI=1S/C13H19N/c1-3-13-12-8-6-5-7-11(12)9-10-14(13)4-2/h5-8,13H,3-4,9-10H2,1-2H3. The Morgan fingerprint density at radius 3 is 2.79 bits per heavy atom. The van der Waals surface area contributed by atoms with Gasteiger partial charge in [-0.2, -0.15) is 0 Å². The monoisotopic (exact) mass is 189 g/mol. The second kappa shape index (κ2) is 4.14. The maximum Gasteiger partial charge on any atom is 0.0348 e. The van der Waals surface area contributed by atoms with Crippen LogP contribution in [0.1, 0.15) is 37.4 Å². The molecule has 14 heavy (non-hydrogen) atoms. The summed E-state index contributed by atoms with van der Waals surface area (Å²) in [5, 5.41) is 0. The number of benzene rings is 1. The second-order valence-electron chi connectivity index (χ2n) is 4.00. The number of hydrogen-bond donors (Lipinski definition) is 0. The quantitative estimate of drug-likeness (QED) is 0.691. The van der Waals surface area contributed by atoms with Crippen molar-refractivity contribution in [2.75, 3.05) is 13.1 Å². The minimum absolute atomic E-state index is 0.657. The average molecular weight is 189 g/mol. The number of rotatable bonds is 2. The molecule has 1 aliphatic rings. The third-order valence-electron chi connectivity index (χ3n) is 3.32. The Kier molecular flexibility index (Phi) is 2.87. The second-order valence-corrected chi connectivity index (χ2v) is 4.00. The molecule has 0 radical (unpaired) electrons. The molecule has 1 aromatic carbocycles. The molecule has 0 aromatic heterocycles. The lowest BCUT2D eigenvalue weighted by atomic mass is 9.91. The van der Waals surface area contributed by atoms with Gasteiger partial charge in [0.05, 0.1) is 0 Å². The smallest absolute Gasteiger partial charge is 0.0348 e. The summed E-state index contributed by atoms with van der Waals surface area (Å²) in [6.45, 7) is 6.95. The molecule has 1 heteroatoms. The third kappa shape index (κ3) is 1.57. The van der Waals surface area contributed by atoms with Crippen molar-refractivity contribution in [3.05, 3.63) is 35.4 Å². The molecular formula is C13H19N. The molecule has 2 rings (SSSR count). The van der Waals surface area contributed by atoms with Crippen molar-refractivity contribution in [2.24, 2.45) is 0 Å². The van der Waals surface area contributed by atoms with Gasteiger partial charge in [0, 0.05) is 12.6 Å². The van der Waals surface area contributed by atoms with E-state index in [4.69, 9.17) is 0 Å². The Bertz CT molecular complexity index is 306. The van der Waals surface area contributed by atoms with Crippen molar-refractivity contribution < 1.29 is 0 Å². The minimum Gasteiger partial charge on any atom is -0.296 e. The molecule has 0 aliphatic carbocycles. The molecule has 1 aliphatic heterocycles. The predicted molar refractivity (Wildman–Crippen MR) is 60.4 cm³/mol. The van der Waals surface area contributed by atoms with Gasteiger partial charge < -0.3 is 0 Å². The molecule has 1 unspecified atom stereocenters. The van der Waals surface area contributed by atoms with Crippen LogP contribution in [-0.2, 0) is 6.42 Å². The summed E-state index contributed by atoms with van der Waals surface area (Å²) in [5.74, 6) is 0. The van der Waals surface area contributed by atoms with Gasteiger partial charge in [-0.1, -0.05) is 38.1 Å². The van der Waals surface area contributed by atoms with E-state index >= 15 is 0 Å². The van der Waals surface area contributed by atoms with E-state index in [1.54, 1.807) is 11.1 Å². The lowest BCUT2D eigenvalue weighted by Gasteiger charge is -2.36. The van der Waals surface area contributed by atoms with Crippen LogP contribution in [-0.4, -0.2) is 18.0 Å². The Hall–Kier alpha value is -0.820. The van der Waals surface area contributed by atoms with Gasteiger partial charge in [-0.05, 0) is 30.5 Å². The SMILES string of the molecule is CCC1c2ccccc2CCN1CC. The molecule has 0 saturated heterocycles. The highest BCUT2D eigenvalue weighted by Gasteiger charge is 2.23. The van der Waals surface area contributed by atoms with Crippen LogP contribution in [0.3, 0.4) is 0 Å². The highest BCUT2D eigenvalue weighted by atomic mass is 15.2. The van der Waals surface area contributed by atoms with Crippen molar-refractivity contribution in [3.8, 4) is 0 Å². The molecule has 76 valence electrons. The van der Waals surface area contributed by atoms with Gasteiger partial charge in [0.1, 0.15) is 0 Å². The normalized spacial score (nSPS) is 22.0. The van der Waals surface area contributed by atoms with E-state index in [9.17, 15) is 0 Å². The highest BCUT2D eigenvalue weighted by molar-refractivity contribution is 5.32. The Balaban J connectivity index is 2.34. The van der Waals surface area contributed by atoms with E-state index in [0.29, 0.717) is 6.04 Å². The predicted octanol–water partition coefficient (Wildman–Crippen LogP) is 3.02. The van der Waals surface area contributed by atoms with Crippen LogP contribution >= 0.6 is 0 Å². The van der Waals surface area contributed by atoms with Crippen molar-refractivity contribution in [3.63, 3.8) is 0 Å². The zero-order valence-corrected chi connectivity index (χ0v) is 9.16. The highest BCUT2D eigenvalue weighted by Crippen LogP contribution is 2.31. The minimum atomic E-state index is 0.657. The van der Waals surface area contributed by atoms with Crippen molar-refractivity contribution >= 4 is 0 Å². The van der Waals surface area contributed by atoms with E-state index in [1.807, 2.05) is 0 Å². The Morgan fingerprint density at radius 1 is 1.29 bits per heavy atom. The van der Waals surface area contributed by atoms with Gasteiger partial charge in [-0.3, -0.25) is 4.90 Å². The topological polar surface area (TPSA) is 3.24 Å². The largest absolute Gasteiger partial charge is 0.296 e. The first-order valence-corrected chi connectivity index (χ1v) is 5.68. The first-order valence-electron chi connectivity index (χ1n) is 5.68. The lowest BCUT2D eigenvalue weighted by molar-refractivity contribution is 0.190. The van der Waals surface area contributed by atoms with E-state index in [0.717, 1.165) is 0 Å². The molecule has 0 saturated carbocycles. The zero-order chi connectivity index (χ0) is 9.97. The molecule has 0 spiro atoms. The average Bonchev–Trinajstić information content (AvgIpc) is 2.27. The van der Waals surface area contributed by atoms with Crippen LogP contribution in [0.5, 0.6) is 0 Å². The van der Waals surface area contributed by atoms with E-state index < -0.39 is 0 Å². The first kappa shape index (κ1) is 9.72. The summed E-state index contributed by atoms with van der Waals surface area (Å²) in [6, 6.07) is 9.56. The number of likely N-dealkylation sites (N-methyl/N-ethyl adjacent to an activating group) is 1. The molecule has 0 fully saturated rings. The van der Waals surface area contributed by atoms with Crippen molar-refractivity contribution in [1.82, 2.24) is 4.90 Å². The van der Waals surface area contributed by atoms with Crippen LogP contribution in [0.4, 0.5) is 0 Å². The van der Waals surface area contributed by atoms with Gasteiger partial charge in [0.15, 0.2) is 0 Å². The maximum absolute atomic E-state index is 2.59. The molecule has 1 heterocycles. The third-order valence-corrected chi connectivity index (χ3v) is 3.32. The van der Waals surface area contributed by atoms with Crippen LogP contribution in [0.25, 0.3) is 0 Å². The summed E-state index contributed by atoms with van der Waals surface area (Å²) in [7, 11) is 0. The molecule has 0 N–H and O–H groups in total. The van der Waals surface area contributed by atoms with Crippen LogP contribution < -0.4 is 0 Å². The van der Waals surface area contributed by atoms with Gasteiger partial charge in [-0.25, -0.2) is 0 Å². The van der Waals surface area contributed by atoms with Gasteiger partial charge in [0.25, 0.3) is 0 Å². The van der Waals surface area contributed by atoms with Crippen LogP contribution in [0, 0.1) is 0 Å². The Labute approximate surface area is 86.7 Å². The molecule has 1 nitrogen and oxygen atoms in total. The van der Waals surface area contributed by atoms with Crippen molar-refractivity contribution in [1.29, 1.82) is 0 Å². The lowest BCUT2D eigenvalue weighted by Crippen LogP contribution is -2.34. The summed E-state index contributed by atoms with van der Waals surface area (Å²) >= 11 is 0. The number of nitrogens with zero attached hydrogens (tertiary/aromatic N) is 1. The van der Waals surface area contributed by atoms with E-state index in [-0.39, 0.29) is 0 Å². The fraction of sp³-hybridized carbons (Fsp3) is 0.538. The van der Waals surface area contributed by atoms with Gasteiger partial charge in [-0.15, -0.1) is 0 Å². The fourth-order valence-corrected chi connectivity index (χ4v) is 2.56. The number of fused-ring (bicyclic) bond motifs is 1. The van der Waals surface area contributed by atoms with Gasteiger partial charge >= 0.3 is 0 Å². The molecular weight excluding hydrogens is 170 g/mol.